The Hall–Kier alpha value is -4.05. The van der Waals surface area contributed by atoms with Crippen LogP contribution in [0.3, 0.4) is 0 Å². The lowest BCUT2D eigenvalue weighted by molar-refractivity contribution is 0.585. The van der Waals surface area contributed by atoms with Crippen molar-refractivity contribution in [1.29, 1.82) is 0 Å². The van der Waals surface area contributed by atoms with Crippen LogP contribution < -0.4 is 4.72 Å². The second-order valence-electron chi connectivity index (χ2n) is 8.81. The average Bonchev–Trinajstić information content (AvgIpc) is 3.44. The van der Waals surface area contributed by atoms with E-state index in [9.17, 15) is 17.2 Å². The van der Waals surface area contributed by atoms with Crippen LogP contribution in [0.2, 0.25) is 0 Å². The van der Waals surface area contributed by atoms with Gasteiger partial charge in [-0.2, -0.15) is 5.10 Å². The summed E-state index contributed by atoms with van der Waals surface area (Å²) in [6.45, 7) is 3.13. The van der Waals surface area contributed by atoms with Crippen LogP contribution in [0.15, 0.2) is 73.3 Å². The van der Waals surface area contributed by atoms with Crippen LogP contribution in [0.1, 0.15) is 13.8 Å². The van der Waals surface area contributed by atoms with Gasteiger partial charge in [0.25, 0.3) is 0 Å². The zero-order valence-corrected chi connectivity index (χ0v) is 20.6. The summed E-state index contributed by atoms with van der Waals surface area (Å²) in [7, 11) is -1.82. The van der Waals surface area contributed by atoms with Crippen molar-refractivity contribution < 1.29 is 17.2 Å². The number of benzene rings is 2. The van der Waals surface area contributed by atoms with Gasteiger partial charge in [-0.3, -0.25) is 13.8 Å². The predicted molar refractivity (Wildman–Crippen MR) is 136 cm³/mol. The number of imidazole rings is 1. The molecule has 1 N–H and O–H groups in total. The van der Waals surface area contributed by atoms with Crippen molar-refractivity contribution in [1.82, 2.24) is 19.2 Å². The summed E-state index contributed by atoms with van der Waals surface area (Å²) in [6.07, 6.45) is 7.21. The highest BCUT2D eigenvalue weighted by molar-refractivity contribution is 7.93. The second-order valence-corrected chi connectivity index (χ2v) is 11.0. The summed E-state index contributed by atoms with van der Waals surface area (Å²) in [5.41, 5.74) is 4.67. The van der Waals surface area contributed by atoms with E-state index in [-0.39, 0.29) is 11.3 Å². The monoisotopic (exact) mass is 507 g/mol. The van der Waals surface area contributed by atoms with Crippen LogP contribution in [0.5, 0.6) is 0 Å². The first-order valence-electron chi connectivity index (χ1n) is 11.2. The van der Waals surface area contributed by atoms with Crippen molar-refractivity contribution >= 4 is 21.4 Å². The second kappa shape index (κ2) is 8.87. The van der Waals surface area contributed by atoms with Crippen LogP contribution in [-0.4, -0.2) is 32.8 Å². The Labute approximate surface area is 207 Å². The number of anilines is 1. The molecule has 5 rings (SSSR count). The van der Waals surface area contributed by atoms with Crippen molar-refractivity contribution in [2.75, 3.05) is 4.72 Å². The molecule has 0 spiro atoms. The van der Waals surface area contributed by atoms with E-state index in [4.69, 9.17) is 0 Å². The standard InChI is InChI=1S/C26H23F2N5O2S/c1-16(2)36(34,35)31-22-9-18(23-5-4-21(27)12-24(23)28)8-19(10-22)25-14-29-26-11-17(6-7-33(25)26)20-13-30-32(3)15-20/h4-16,31H,1-3H3. The fraction of sp³-hybridized carbons (Fsp3) is 0.154. The first-order chi connectivity index (χ1) is 17.1. The number of aromatic nitrogens is 4. The van der Waals surface area contributed by atoms with Gasteiger partial charge in [-0.25, -0.2) is 22.2 Å². The molecular formula is C26H23F2N5O2S. The highest BCUT2D eigenvalue weighted by Gasteiger charge is 2.19. The van der Waals surface area contributed by atoms with E-state index in [0.717, 1.165) is 23.3 Å². The molecule has 0 bridgehead atoms. The number of nitrogens with one attached hydrogen (secondary N) is 1. The minimum absolute atomic E-state index is 0.149. The number of nitrogens with zero attached hydrogens (tertiary/aromatic N) is 4. The van der Waals surface area contributed by atoms with Gasteiger partial charge in [-0.05, 0) is 67.4 Å². The minimum Gasteiger partial charge on any atom is -0.300 e. The maximum Gasteiger partial charge on any atom is 0.235 e. The first-order valence-corrected chi connectivity index (χ1v) is 12.7. The van der Waals surface area contributed by atoms with E-state index in [0.29, 0.717) is 22.5 Å². The maximum atomic E-state index is 14.7. The molecule has 7 nitrogen and oxygen atoms in total. The number of hydrogen-bond acceptors (Lipinski definition) is 4. The number of pyridine rings is 1. The third kappa shape index (κ3) is 4.47. The Kier molecular flexibility index (Phi) is 5.83. The SMILES string of the molecule is CC(C)S(=O)(=O)Nc1cc(-c2ccc(F)cc2F)cc(-c2cnc3cc(-c4cnn(C)c4)ccn23)c1. The normalized spacial score (nSPS) is 11.9. The Morgan fingerprint density at radius 1 is 0.917 bits per heavy atom. The third-order valence-electron chi connectivity index (χ3n) is 5.90. The van der Waals surface area contributed by atoms with Crippen LogP contribution in [0, 0.1) is 11.6 Å². The minimum atomic E-state index is -3.66. The van der Waals surface area contributed by atoms with Gasteiger partial charge in [0, 0.05) is 47.9 Å². The van der Waals surface area contributed by atoms with Gasteiger partial charge in [0.05, 0.1) is 23.3 Å². The molecule has 0 aliphatic rings. The summed E-state index contributed by atoms with van der Waals surface area (Å²) in [4.78, 5) is 4.53. The first kappa shape index (κ1) is 23.7. The van der Waals surface area contributed by atoms with Gasteiger partial charge in [0.1, 0.15) is 17.3 Å². The van der Waals surface area contributed by atoms with E-state index in [1.165, 1.54) is 12.1 Å². The van der Waals surface area contributed by atoms with Crippen molar-refractivity contribution in [2.45, 2.75) is 19.1 Å². The lowest BCUT2D eigenvalue weighted by Gasteiger charge is -2.15. The van der Waals surface area contributed by atoms with Gasteiger partial charge >= 0.3 is 0 Å². The molecule has 0 radical (unpaired) electrons. The van der Waals surface area contributed by atoms with E-state index in [2.05, 4.69) is 14.8 Å². The van der Waals surface area contributed by atoms with Gasteiger partial charge in [-0.15, -0.1) is 0 Å². The molecule has 0 saturated carbocycles. The van der Waals surface area contributed by atoms with Crippen LogP contribution >= 0.6 is 0 Å². The lowest BCUT2D eigenvalue weighted by Crippen LogP contribution is -2.22. The molecule has 10 heteroatoms. The Morgan fingerprint density at radius 3 is 2.39 bits per heavy atom. The molecule has 5 aromatic rings. The molecule has 0 fully saturated rings. The van der Waals surface area contributed by atoms with Crippen molar-refractivity contribution in [2.24, 2.45) is 7.05 Å². The van der Waals surface area contributed by atoms with E-state index >= 15 is 0 Å². The van der Waals surface area contributed by atoms with Crippen LogP contribution in [0.4, 0.5) is 14.5 Å². The zero-order chi connectivity index (χ0) is 25.6. The molecular weight excluding hydrogens is 484 g/mol. The largest absolute Gasteiger partial charge is 0.300 e. The molecule has 0 atom stereocenters. The predicted octanol–water partition coefficient (Wildman–Crippen LogP) is 5.50. The Balaban J connectivity index is 1.65. The summed E-state index contributed by atoms with van der Waals surface area (Å²) < 4.78 is 59.5. The van der Waals surface area contributed by atoms with E-state index < -0.39 is 26.9 Å². The van der Waals surface area contributed by atoms with E-state index in [1.54, 1.807) is 43.1 Å². The molecule has 36 heavy (non-hydrogen) atoms. The fourth-order valence-corrected chi connectivity index (χ4v) is 4.62. The summed E-state index contributed by atoms with van der Waals surface area (Å²) in [6, 6.07) is 12.1. The molecule has 0 unspecified atom stereocenters. The number of sulfonamides is 1. The lowest BCUT2D eigenvalue weighted by atomic mass is 10.00. The molecule has 2 aromatic carbocycles. The molecule has 3 heterocycles. The maximum absolute atomic E-state index is 14.7. The molecule has 0 aliphatic carbocycles. The van der Waals surface area contributed by atoms with Crippen molar-refractivity contribution in [3.63, 3.8) is 0 Å². The van der Waals surface area contributed by atoms with Crippen molar-refractivity contribution in [3.05, 3.63) is 85.0 Å². The highest BCUT2D eigenvalue weighted by atomic mass is 32.2. The number of fused-ring (bicyclic) bond motifs is 1. The number of rotatable bonds is 6. The summed E-state index contributed by atoms with van der Waals surface area (Å²) in [5, 5.41) is 3.54. The topological polar surface area (TPSA) is 81.3 Å². The molecule has 0 saturated heterocycles. The summed E-state index contributed by atoms with van der Waals surface area (Å²) in [5.74, 6) is -1.44. The van der Waals surface area contributed by atoms with Crippen LogP contribution in [0.25, 0.3) is 39.2 Å². The zero-order valence-electron chi connectivity index (χ0n) is 19.8. The quantitative estimate of drug-likeness (QED) is 0.329. The van der Waals surface area contributed by atoms with Gasteiger partial charge in [0.15, 0.2) is 0 Å². The average molecular weight is 508 g/mol. The van der Waals surface area contributed by atoms with Gasteiger partial charge in [-0.1, -0.05) is 0 Å². The van der Waals surface area contributed by atoms with Crippen molar-refractivity contribution in [3.8, 4) is 33.5 Å². The van der Waals surface area contributed by atoms with Gasteiger partial charge < -0.3 is 0 Å². The number of halogens is 2. The molecule has 184 valence electrons. The van der Waals surface area contributed by atoms with E-state index in [1.807, 2.05) is 36.0 Å². The summed E-state index contributed by atoms with van der Waals surface area (Å²) >= 11 is 0. The Morgan fingerprint density at radius 2 is 1.69 bits per heavy atom. The third-order valence-corrected chi connectivity index (χ3v) is 7.66. The molecule has 3 aromatic heterocycles. The fourth-order valence-electron chi connectivity index (χ4n) is 3.94. The van der Waals surface area contributed by atoms with Crippen LogP contribution in [-0.2, 0) is 17.1 Å². The molecule has 0 aliphatic heterocycles. The number of hydrogen-bond donors (Lipinski definition) is 1. The highest BCUT2D eigenvalue weighted by Crippen LogP contribution is 2.33. The van der Waals surface area contributed by atoms with Gasteiger partial charge in [0.2, 0.25) is 10.0 Å². The molecule has 0 amide bonds. The number of aryl methyl sites for hydroxylation is 1. The smallest absolute Gasteiger partial charge is 0.235 e. The Bertz CT molecular complexity index is 1710.